The molecule has 1 fully saturated rings. The van der Waals surface area contributed by atoms with Gasteiger partial charge in [-0.15, -0.1) is 0 Å². The lowest BCUT2D eigenvalue weighted by molar-refractivity contribution is 0.182. The molecule has 0 heterocycles. The van der Waals surface area contributed by atoms with Crippen LogP contribution in [0.2, 0.25) is 0 Å². The molecule has 1 aromatic carbocycles. The number of aryl methyl sites for hydroxylation is 1. The van der Waals surface area contributed by atoms with Crippen LogP contribution in [0.25, 0.3) is 0 Å². The highest BCUT2D eigenvalue weighted by molar-refractivity contribution is 5.26. The Hall–Kier alpha value is -0.780. The van der Waals surface area contributed by atoms with E-state index in [2.05, 4.69) is 45.0 Å². The van der Waals surface area contributed by atoms with Crippen LogP contribution in [0.1, 0.15) is 95.6 Å². The standard InChI is InChI=1S/C21H34/c1-4-6-7-8-18-9-11-19(12-10-18)20-13-16-21(3,15-5-2)17-14-20/h9-12,20H,4-8,13-17H2,1-3H3. The second-order valence-electron chi connectivity index (χ2n) is 7.53. The van der Waals surface area contributed by atoms with Crippen LogP contribution >= 0.6 is 0 Å². The lowest BCUT2D eigenvalue weighted by Crippen LogP contribution is -2.23. The van der Waals surface area contributed by atoms with Gasteiger partial charge in [0, 0.05) is 0 Å². The summed E-state index contributed by atoms with van der Waals surface area (Å²) in [5.74, 6) is 0.819. The molecule has 0 unspecified atom stereocenters. The average molecular weight is 287 g/mol. The Morgan fingerprint density at radius 1 is 0.952 bits per heavy atom. The van der Waals surface area contributed by atoms with E-state index in [1.54, 1.807) is 5.56 Å². The van der Waals surface area contributed by atoms with E-state index >= 15 is 0 Å². The van der Waals surface area contributed by atoms with Gasteiger partial charge >= 0.3 is 0 Å². The summed E-state index contributed by atoms with van der Waals surface area (Å²) in [6, 6.07) is 9.58. The molecule has 0 N–H and O–H groups in total. The van der Waals surface area contributed by atoms with Crippen molar-refractivity contribution < 1.29 is 0 Å². The van der Waals surface area contributed by atoms with E-state index in [1.807, 2.05) is 0 Å². The molecule has 1 aliphatic carbocycles. The number of hydrogen-bond acceptors (Lipinski definition) is 0. The van der Waals surface area contributed by atoms with Crippen LogP contribution in [-0.4, -0.2) is 0 Å². The van der Waals surface area contributed by atoms with Crippen molar-refractivity contribution in [2.45, 2.75) is 90.9 Å². The van der Waals surface area contributed by atoms with E-state index in [0.29, 0.717) is 5.41 Å². The fourth-order valence-electron chi connectivity index (χ4n) is 4.04. The molecule has 21 heavy (non-hydrogen) atoms. The van der Waals surface area contributed by atoms with Gasteiger partial charge in [0.1, 0.15) is 0 Å². The predicted octanol–water partition coefficient (Wildman–Crippen LogP) is 6.88. The quantitative estimate of drug-likeness (QED) is 0.479. The van der Waals surface area contributed by atoms with E-state index in [1.165, 1.54) is 69.8 Å². The smallest absolute Gasteiger partial charge is 0.0162 e. The Kier molecular flexibility index (Phi) is 6.33. The average Bonchev–Trinajstić information content (AvgIpc) is 2.49. The number of hydrogen-bond donors (Lipinski definition) is 0. The minimum Gasteiger partial charge on any atom is -0.0654 e. The topological polar surface area (TPSA) is 0 Å². The maximum atomic E-state index is 2.50. The Bertz CT molecular complexity index is 393. The first-order valence-corrected chi connectivity index (χ1v) is 9.25. The molecule has 0 amide bonds. The Labute approximate surface area is 132 Å². The molecule has 0 spiro atoms. The zero-order valence-electron chi connectivity index (χ0n) is 14.5. The van der Waals surface area contributed by atoms with Crippen LogP contribution in [0.5, 0.6) is 0 Å². The van der Waals surface area contributed by atoms with Gasteiger partial charge in [0.2, 0.25) is 0 Å². The van der Waals surface area contributed by atoms with Crippen LogP contribution < -0.4 is 0 Å². The third-order valence-electron chi connectivity index (χ3n) is 5.57. The van der Waals surface area contributed by atoms with Crippen molar-refractivity contribution in [1.82, 2.24) is 0 Å². The van der Waals surface area contributed by atoms with Crippen molar-refractivity contribution in [3.63, 3.8) is 0 Å². The van der Waals surface area contributed by atoms with Crippen LogP contribution in [-0.2, 0) is 6.42 Å². The molecule has 2 rings (SSSR count). The summed E-state index contributed by atoms with van der Waals surface area (Å²) in [6.07, 6.45) is 13.7. The zero-order chi connectivity index (χ0) is 15.1. The van der Waals surface area contributed by atoms with Crippen molar-refractivity contribution in [1.29, 1.82) is 0 Å². The van der Waals surface area contributed by atoms with Gasteiger partial charge in [-0.25, -0.2) is 0 Å². The molecule has 118 valence electrons. The van der Waals surface area contributed by atoms with Crippen LogP contribution in [0, 0.1) is 5.41 Å². The first kappa shape index (κ1) is 16.6. The lowest BCUT2D eigenvalue weighted by Gasteiger charge is -2.37. The second-order valence-corrected chi connectivity index (χ2v) is 7.53. The third-order valence-corrected chi connectivity index (χ3v) is 5.57. The molecule has 0 aliphatic heterocycles. The fraction of sp³-hybridized carbons (Fsp3) is 0.714. The van der Waals surface area contributed by atoms with Gasteiger partial charge in [-0.3, -0.25) is 0 Å². The lowest BCUT2D eigenvalue weighted by atomic mass is 9.68. The van der Waals surface area contributed by atoms with Gasteiger partial charge in [0.05, 0.1) is 0 Å². The first-order valence-electron chi connectivity index (χ1n) is 9.25. The van der Waals surface area contributed by atoms with E-state index in [-0.39, 0.29) is 0 Å². The van der Waals surface area contributed by atoms with Gasteiger partial charge in [-0.05, 0) is 67.4 Å². The highest BCUT2D eigenvalue weighted by atomic mass is 14.4. The summed E-state index contributed by atoms with van der Waals surface area (Å²) in [7, 11) is 0. The minimum atomic E-state index is 0.630. The summed E-state index contributed by atoms with van der Waals surface area (Å²) in [5.41, 5.74) is 3.75. The number of benzene rings is 1. The van der Waals surface area contributed by atoms with Gasteiger partial charge in [-0.2, -0.15) is 0 Å². The van der Waals surface area contributed by atoms with Crippen LogP contribution in [0.15, 0.2) is 24.3 Å². The fourth-order valence-corrected chi connectivity index (χ4v) is 4.04. The van der Waals surface area contributed by atoms with Gasteiger partial charge < -0.3 is 0 Å². The monoisotopic (exact) mass is 286 g/mol. The Morgan fingerprint density at radius 3 is 2.19 bits per heavy atom. The molecule has 1 saturated carbocycles. The molecule has 0 aromatic heterocycles. The predicted molar refractivity (Wildman–Crippen MR) is 93.9 cm³/mol. The molecule has 1 aromatic rings. The van der Waals surface area contributed by atoms with Crippen LogP contribution in [0.4, 0.5) is 0 Å². The maximum absolute atomic E-state index is 2.50. The molecule has 0 nitrogen and oxygen atoms in total. The van der Waals surface area contributed by atoms with E-state index in [0.717, 1.165) is 5.92 Å². The van der Waals surface area contributed by atoms with Gasteiger partial charge in [-0.1, -0.05) is 64.3 Å². The molecule has 0 atom stereocenters. The summed E-state index contributed by atoms with van der Waals surface area (Å²) < 4.78 is 0. The first-order chi connectivity index (χ1) is 10.2. The van der Waals surface area contributed by atoms with Gasteiger partial charge in [0.15, 0.2) is 0 Å². The van der Waals surface area contributed by atoms with Crippen molar-refractivity contribution in [3.8, 4) is 0 Å². The molecule has 1 aliphatic rings. The summed E-state index contributed by atoms with van der Waals surface area (Å²) in [5, 5.41) is 0. The molecule has 0 bridgehead atoms. The van der Waals surface area contributed by atoms with Crippen LogP contribution in [0.3, 0.4) is 0 Å². The minimum absolute atomic E-state index is 0.630. The third kappa shape index (κ3) is 4.87. The van der Waals surface area contributed by atoms with E-state index in [4.69, 9.17) is 0 Å². The molecular weight excluding hydrogens is 252 g/mol. The van der Waals surface area contributed by atoms with Crippen molar-refractivity contribution >= 4 is 0 Å². The Morgan fingerprint density at radius 2 is 1.62 bits per heavy atom. The second kappa shape index (κ2) is 8.01. The number of unbranched alkanes of at least 4 members (excludes halogenated alkanes) is 2. The molecular formula is C21H34. The summed E-state index contributed by atoms with van der Waals surface area (Å²) in [6.45, 7) is 7.11. The van der Waals surface area contributed by atoms with Gasteiger partial charge in [0.25, 0.3) is 0 Å². The highest BCUT2D eigenvalue weighted by Crippen LogP contribution is 2.45. The molecule has 0 heteroatoms. The summed E-state index contributed by atoms with van der Waals surface area (Å²) in [4.78, 5) is 0. The van der Waals surface area contributed by atoms with Crippen molar-refractivity contribution in [2.75, 3.05) is 0 Å². The number of rotatable bonds is 7. The summed E-state index contributed by atoms with van der Waals surface area (Å²) >= 11 is 0. The molecule has 0 radical (unpaired) electrons. The largest absolute Gasteiger partial charge is 0.0654 e. The SMILES string of the molecule is CCCCCc1ccc(C2CCC(C)(CCC)CC2)cc1. The zero-order valence-corrected chi connectivity index (χ0v) is 14.5. The van der Waals surface area contributed by atoms with E-state index in [9.17, 15) is 0 Å². The Balaban J connectivity index is 1.86. The normalized spacial score (nSPS) is 26.0. The molecule has 0 saturated heterocycles. The maximum Gasteiger partial charge on any atom is -0.0162 e. The highest BCUT2D eigenvalue weighted by Gasteiger charge is 2.30. The van der Waals surface area contributed by atoms with E-state index < -0.39 is 0 Å². The van der Waals surface area contributed by atoms with Crippen molar-refractivity contribution in [3.05, 3.63) is 35.4 Å². The van der Waals surface area contributed by atoms with Crippen molar-refractivity contribution in [2.24, 2.45) is 5.41 Å².